The fraction of sp³-hybridized carbons (Fsp3) is 0.750. The van der Waals surface area contributed by atoms with Gasteiger partial charge in [-0.3, -0.25) is 0 Å². The van der Waals surface area contributed by atoms with E-state index in [1.807, 2.05) is 13.8 Å². The lowest BCUT2D eigenvalue weighted by Crippen LogP contribution is -2.19. The Hall–Kier alpha value is -1.07. The molecule has 0 aromatic carbocycles. The Bertz CT molecular complexity index is 336. The molecule has 1 fully saturated rings. The maximum Gasteiger partial charge on any atom is 0.394 e. The zero-order chi connectivity index (χ0) is 12.1. The van der Waals surface area contributed by atoms with Crippen LogP contribution in [-0.2, 0) is 11.3 Å². The Labute approximate surface area is 102 Å². The molecule has 1 heterocycles. The lowest BCUT2D eigenvalue weighted by molar-refractivity contribution is 0.0494. The highest BCUT2D eigenvalue weighted by molar-refractivity contribution is 5.00. The van der Waals surface area contributed by atoms with Crippen LogP contribution in [0, 0.1) is 0 Å². The Morgan fingerprint density at radius 2 is 2.41 bits per heavy atom. The number of aromatic nitrogens is 1. The van der Waals surface area contributed by atoms with Gasteiger partial charge in [0.05, 0.1) is 12.3 Å². The number of hydrogen-bond donors (Lipinski definition) is 1. The van der Waals surface area contributed by atoms with Gasteiger partial charge in [-0.25, -0.2) is 0 Å². The maximum absolute atomic E-state index is 5.49. The predicted octanol–water partition coefficient (Wildman–Crippen LogP) is 1.73. The summed E-state index contributed by atoms with van der Waals surface area (Å²) in [4.78, 5) is 4.25. The van der Waals surface area contributed by atoms with Crippen LogP contribution in [0.3, 0.4) is 0 Å². The molecule has 1 aromatic heterocycles. The van der Waals surface area contributed by atoms with Crippen LogP contribution in [0.1, 0.15) is 32.4 Å². The summed E-state index contributed by atoms with van der Waals surface area (Å²) in [7, 11) is 0. The summed E-state index contributed by atoms with van der Waals surface area (Å²) in [5.74, 6) is 0. The molecule has 1 unspecified atom stereocenters. The van der Waals surface area contributed by atoms with Gasteiger partial charge >= 0.3 is 6.08 Å². The van der Waals surface area contributed by atoms with Crippen molar-refractivity contribution in [2.24, 2.45) is 0 Å². The van der Waals surface area contributed by atoms with Gasteiger partial charge in [-0.15, -0.1) is 0 Å². The zero-order valence-corrected chi connectivity index (χ0v) is 10.4. The van der Waals surface area contributed by atoms with E-state index in [1.54, 1.807) is 6.26 Å². The molecular weight excluding hydrogens is 220 g/mol. The van der Waals surface area contributed by atoms with E-state index >= 15 is 0 Å². The monoisotopic (exact) mass is 240 g/mol. The van der Waals surface area contributed by atoms with E-state index in [0.29, 0.717) is 25.3 Å². The van der Waals surface area contributed by atoms with Crippen molar-refractivity contribution >= 4 is 0 Å². The molecule has 1 aliphatic rings. The molecule has 5 nitrogen and oxygen atoms in total. The molecule has 2 rings (SSSR count). The van der Waals surface area contributed by atoms with Crippen LogP contribution >= 0.6 is 0 Å². The van der Waals surface area contributed by atoms with E-state index in [-0.39, 0.29) is 6.10 Å². The Morgan fingerprint density at radius 1 is 1.59 bits per heavy atom. The van der Waals surface area contributed by atoms with Crippen molar-refractivity contribution in [3.63, 3.8) is 0 Å². The third-order valence-electron chi connectivity index (χ3n) is 2.54. The minimum Gasteiger partial charge on any atom is -0.445 e. The number of rotatable bonds is 8. The smallest absolute Gasteiger partial charge is 0.394 e. The molecule has 0 spiro atoms. The molecule has 1 saturated carbocycles. The molecule has 0 radical (unpaired) electrons. The molecule has 1 N–H and O–H groups in total. The number of nitrogens with one attached hydrogen (secondary N) is 1. The van der Waals surface area contributed by atoms with E-state index in [0.717, 1.165) is 12.2 Å². The van der Waals surface area contributed by atoms with Crippen LogP contribution in [0.15, 0.2) is 10.7 Å². The quantitative estimate of drug-likeness (QED) is 0.750. The van der Waals surface area contributed by atoms with Gasteiger partial charge in [0.1, 0.15) is 12.4 Å². The maximum atomic E-state index is 5.49. The van der Waals surface area contributed by atoms with Gasteiger partial charge in [0.15, 0.2) is 0 Å². The molecular formula is C12H20N2O3. The van der Waals surface area contributed by atoms with Crippen molar-refractivity contribution in [2.75, 3.05) is 13.2 Å². The van der Waals surface area contributed by atoms with Crippen LogP contribution in [0.25, 0.3) is 0 Å². The summed E-state index contributed by atoms with van der Waals surface area (Å²) in [6.07, 6.45) is 4.46. The molecule has 0 saturated heterocycles. The van der Waals surface area contributed by atoms with Crippen LogP contribution in [0.4, 0.5) is 0 Å². The largest absolute Gasteiger partial charge is 0.445 e. The number of ether oxygens (including phenoxy) is 2. The minimum atomic E-state index is -0.0437. The van der Waals surface area contributed by atoms with Crippen LogP contribution < -0.4 is 10.1 Å². The lowest BCUT2D eigenvalue weighted by Gasteiger charge is -2.10. The van der Waals surface area contributed by atoms with Gasteiger partial charge in [-0.2, -0.15) is 4.98 Å². The Kier molecular flexibility index (Phi) is 4.39. The first kappa shape index (κ1) is 12.4. The molecule has 0 bridgehead atoms. The van der Waals surface area contributed by atoms with Gasteiger partial charge < -0.3 is 19.2 Å². The van der Waals surface area contributed by atoms with Gasteiger partial charge in [-0.1, -0.05) is 0 Å². The van der Waals surface area contributed by atoms with Gasteiger partial charge in [0.2, 0.25) is 0 Å². The summed E-state index contributed by atoms with van der Waals surface area (Å²) < 4.78 is 16.0. The van der Waals surface area contributed by atoms with Gasteiger partial charge in [0.25, 0.3) is 0 Å². The van der Waals surface area contributed by atoms with E-state index in [2.05, 4.69) is 10.3 Å². The molecule has 1 aromatic rings. The average molecular weight is 240 g/mol. The number of oxazole rings is 1. The van der Waals surface area contributed by atoms with Crippen molar-refractivity contribution in [3.8, 4) is 6.08 Å². The summed E-state index contributed by atoms with van der Waals surface area (Å²) in [6.45, 7) is 5.88. The highest BCUT2D eigenvalue weighted by Crippen LogP contribution is 2.19. The third kappa shape index (κ3) is 4.36. The lowest BCUT2D eigenvalue weighted by atomic mass is 10.4. The standard InChI is InChI=1S/C12H20N2O3/c1-3-15-7-9(2)17-12-14-11(8-16-12)6-13-10-4-5-10/h8-10,13H,3-7H2,1-2H3. The summed E-state index contributed by atoms with van der Waals surface area (Å²) in [6, 6.07) is 0.674. The summed E-state index contributed by atoms with van der Waals surface area (Å²) in [5.41, 5.74) is 0.885. The van der Waals surface area contributed by atoms with Gasteiger partial charge in [-0.05, 0) is 26.7 Å². The minimum absolute atomic E-state index is 0.0437. The predicted molar refractivity (Wildman–Crippen MR) is 62.9 cm³/mol. The highest BCUT2D eigenvalue weighted by atomic mass is 16.6. The molecule has 17 heavy (non-hydrogen) atoms. The molecule has 1 atom stereocenters. The van der Waals surface area contributed by atoms with Crippen LogP contribution in [-0.4, -0.2) is 30.3 Å². The Morgan fingerprint density at radius 3 is 3.12 bits per heavy atom. The van der Waals surface area contributed by atoms with Crippen molar-refractivity contribution in [2.45, 2.75) is 45.4 Å². The number of hydrogen-bond acceptors (Lipinski definition) is 5. The average Bonchev–Trinajstić information content (AvgIpc) is 3.05. The highest BCUT2D eigenvalue weighted by Gasteiger charge is 2.20. The second kappa shape index (κ2) is 6.02. The van der Waals surface area contributed by atoms with Crippen molar-refractivity contribution in [1.82, 2.24) is 10.3 Å². The first-order valence-electron chi connectivity index (χ1n) is 6.20. The molecule has 5 heteroatoms. The first-order valence-corrected chi connectivity index (χ1v) is 6.20. The van der Waals surface area contributed by atoms with E-state index < -0.39 is 0 Å². The van der Waals surface area contributed by atoms with E-state index in [4.69, 9.17) is 13.9 Å². The van der Waals surface area contributed by atoms with Crippen molar-refractivity contribution in [3.05, 3.63) is 12.0 Å². The van der Waals surface area contributed by atoms with Gasteiger partial charge in [0, 0.05) is 19.2 Å². The Balaban J connectivity index is 1.72. The fourth-order valence-corrected chi connectivity index (χ4v) is 1.45. The molecule has 96 valence electrons. The summed E-state index contributed by atoms with van der Waals surface area (Å²) in [5, 5.41) is 3.37. The number of nitrogens with zero attached hydrogens (tertiary/aromatic N) is 1. The molecule has 0 aliphatic heterocycles. The third-order valence-corrected chi connectivity index (χ3v) is 2.54. The summed E-state index contributed by atoms with van der Waals surface area (Å²) >= 11 is 0. The van der Waals surface area contributed by atoms with E-state index in [1.165, 1.54) is 12.8 Å². The molecule has 0 amide bonds. The second-order valence-electron chi connectivity index (χ2n) is 4.35. The fourth-order valence-electron chi connectivity index (χ4n) is 1.45. The first-order chi connectivity index (χ1) is 8.28. The van der Waals surface area contributed by atoms with Crippen LogP contribution in [0.5, 0.6) is 6.08 Å². The van der Waals surface area contributed by atoms with Crippen molar-refractivity contribution in [1.29, 1.82) is 0 Å². The van der Waals surface area contributed by atoms with Crippen molar-refractivity contribution < 1.29 is 13.9 Å². The normalized spacial score (nSPS) is 17.1. The zero-order valence-electron chi connectivity index (χ0n) is 10.4. The molecule has 1 aliphatic carbocycles. The van der Waals surface area contributed by atoms with Crippen LogP contribution in [0.2, 0.25) is 0 Å². The topological polar surface area (TPSA) is 56.5 Å². The SMILES string of the molecule is CCOCC(C)Oc1nc(CNC2CC2)co1. The second-order valence-corrected chi connectivity index (χ2v) is 4.35. The van der Waals surface area contributed by atoms with E-state index in [9.17, 15) is 0 Å².